The number of amides is 1. The summed E-state index contributed by atoms with van der Waals surface area (Å²) in [6, 6.07) is 17.1. The zero-order valence-electron chi connectivity index (χ0n) is 15.5. The normalized spacial score (nSPS) is 13.9. The van der Waals surface area contributed by atoms with Crippen LogP contribution in [0.25, 0.3) is 0 Å². The zero-order chi connectivity index (χ0) is 19.5. The van der Waals surface area contributed by atoms with Gasteiger partial charge in [-0.25, -0.2) is 0 Å². The summed E-state index contributed by atoms with van der Waals surface area (Å²) in [5.74, 6) is 1.07. The number of rotatable bonds is 6. The quantitative estimate of drug-likeness (QED) is 0.667. The van der Waals surface area contributed by atoms with Gasteiger partial charge in [-0.2, -0.15) is 0 Å². The molecule has 4 rings (SSSR count). The Morgan fingerprint density at radius 2 is 2.11 bits per heavy atom. The molecule has 2 heterocycles. The topological polar surface area (TPSA) is 54.7 Å². The van der Waals surface area contributed by atoms with E-state index in [0.717, 1.165) is 18.7 Å². The first-order valence-electron chi connectivity index (χ1n) is 9.17. The average molecular weight is 397 g/mol. The number of ether oxygens (including phenoxy) is 1. The first-order valence-corrected chi connectivity index (χ1v) is 9.55. The number of benzene rings is 2. The van der Waals surface area contributed by atoms with Crippen molar-refractivity contribution in [2.45, 2.75) is 12.5 Å². The highest BCUT2D eigenvalue weighted by atomic mass is 35.5. The molecule has 28 heavy (non-hydrogen) atoms. The molecule has 5 nitrogen and oxygen atoms in total. The third-order valence-corrected chi connectivity index (χ3v) is 5.27. The maximum Gasteiger partial charge on any atom is 0.255 e. The number of carbonyl (C=O) groups excluding carboxylic acids is 1. The zero-order valence-corrected chi connectivity index (χ0v) is 16.3. The van der Waals surface area contributed by atoms with E-state index >= 15 is 0 Å². The van der Waals surface area contributed by atoms with Crippen molar-refractivity contribution in [3.8, 4) is 5.75 Å². The van der Waals surface area contributed by atoms with Crippen LogP contribution >= 0.6 is 11.6 Å². The maximum atomic E-state index is 12.8. The second-order valence-electron chi connectivity index (χ2n) is 6.66. The van der Waals surface area contributed by atoms with Crippen LogP contribution in [0.2, 0.25) is 5.02 Å². The predicted molar refractivity (Wildman–Crippen MR) is 109 cm³/mol. The van der Waals surface area contributed by atoms with Crippen molar-refractivity contribution in [2.75, 3.05) is 25.1 Å². The fourth-order valence-corrected chi connectivity index (χ4v) is 3.85. The van der Waals surface area contributed by atoms with E-state index in [4.69, 9.17) is 20.8 Å². The highest BCUT2D eigenvalue weighted by Crippen LogP contribution is 2.35. The van der Waals surface area contributed by atoms with Crippen LogP contribution in [0.5, 0.6) is 5.75 Å². The summed E-state index contributed by atoms with van der Waals surface area (Å²) in [6.07, 6.45) is 2.63. The Balaban J connectivity index is 1.57. The van der Waals surface area contributed by atoms with Gasteiger partial charge in [-0.05, 0) is 48.4 Å². The van der Waals surface area contributed by atoms with Gasteiger partial charge in [0.15, 0.2) is 0 Å². The van der Waals surface area contributed by atoms with Gasteiger partial charge in [0.1, 0.15) is 17.6 Å². The molecule has 0 aliphatic carbocycles. The van der Waals surface area contributed by atoms with Gasteiger partial charge < -0.3 is 19.4 Å². The van der Waals surface area contributed by atoms with Gasteiger partial charge in [-0.15, -0.1) is 0 Å². The van der Waals surface area contributed by atoms with Gasteiger partial charge >= 0.3 is 0 Å². The van der Waals surface area contributed by atoms with Crippen molar-refractivity contribution in [3.63, 3.8) is 0 Å². The minimum Gasteiger partial charge on any atom is -0.496 e. The van der Waals surface area contributed by atoms with Crippen molar-refractivity contribution < 1.29 is 13.9 Å². The largest absolute Gasteiger partial charge is 0.496 e. The number of nitrogens with one attached hydrogen (secondary N) is 1. The molecule has 1 aliphatic rings. The molecule has 3 aromatic rings. The average Bonchev–Trinajstić information content (AvgIpc) is 3.39. The summed E-state index contributed by atoms with van der Waals surface area (Å²) in [4.78, 5) is 15.1. The molecule has 1 N–H and O–H groups in total. The second kappa shape index (κ2) is 7.98. The molecule has 1 atom stereocenters. The van der Waals surface area contributed by atoms with E-state index in [1.165, 1.54) is 18.4 Å². The molecule has 0 fully saturated rings. The van der Waals surface area contributed by atoms with Gasteiger partial charge in [0.25, 0.3) is 5.91 Å². The van der Waals surface area contributed by atoms with Gasteiger partial charge in [-0.3, -0.25) is 4.79 Å². The Morgan fingerprint density at radius 3 is 2.89 bits per heavy atom. The molecule has 6 heteroatoms. The van der Waals surface area contributed by atoms with Crippen LogP contribution in [0, 0.1) is 0 Å². The first-order chi connectivity index (χ1) is 13.7. The number of hydrogen-bond acceptors (Lipinski definition) is 4. The minimum atomic E-state index is -0.233. The van der Waals surface area contributed by atoms with Gasteiger partial charge in [0, 0.05) is 23.8 Å². The number of halogens is 1. The SMILES string of the molecule is COc1ccc(Cl)cc1C(=O)NC[C@H](c1ccco1)N1CCc2ccccc21. The summed E-state index contributed by atoms with van der Waals surface area (Å²) in [6.45, 7) is 1.28. The molecule has 0 bridgehead atoms. The van der Waals surface area contributed by atoms with Crippen molar-refractivity contribution in [3.05, 3.63) is 82.8 Å². The molecule has 0 saturated heterocycles. The van der Waals surface area contributed by atoms with E-state index < -0.39 is 0 Å². The number of carbonyl (C=O) groups is 1. The molecule has 0 spiro atoms. The molecule has 1 aliphatic heterocycles. The number of nitrogens with zero attached hydrogens (tertiary/aromatic N) is 1. The van der Waals surface area contributed by atoms with Crippen molar-refractivity contribution in [1.82, 2.24) is 5.32 Å². The lowest BCUT2D eigenvalue weighted by atomic mass is 10.1. The Hall–Kier alpha value is -2.92. The lowest BCUT2D eigenvalue weighted by Crippen LogP contribution is -2.37. The Kier molecular flexibility index (Phi) is 5.26. The number of furan rings is 1. The Bertz CT molecular complexity index is 972. The Labute approximate surface area is 168 Å². The highest BCUT2D eigenvalue weighted by molar-refractivity contribution is 6.31. The fourth-order valence-electron chi connectivity index (χ4n) is 3.68. The Morgan fingerprint density at radius 1 is 1.25 bits per heavy atom. The molecule has 144 valence electrons. The van der Waals surface area contributed by atoms with E-state index in [0.29, 0.717) is 22.9 Å². The van der Waals surface area contributed by atoms with E-state index in [1.54, 1.807) is 24.5 Å². The number of fused-ring (bicyclic) bond motifs is 1. The van der Waals surface area contributed by atoms with Gasteiger partial charge in [0.05, 0.1) is 18.9 Å². The number of hydrogen-bond donors (Lipinski definition) is 1. The second-order valence-corrected chi connectivity index (χ2v) is 7.09. The summed E-state index contributed by atoms with van der Waals surface area (Å²) in [5.41, 5.74) is 2.90. The van der Waals surface area contributed by atoms with Crippen LogP contribution in [0.4, 0.5) is 5.69 Å². The number of para-hydroxylation sites is 1. The predicted octanol–water partition coefficient (Wildman–Crippen LogP) is 4.48. The van der Waals surface area contributed by atoms with Crippen LogP contribution in [0.1, 0.15) is 27.7 Å². The molecule has 0 radical (unpaired) electrons. The minimum absolute atomic E-state index is 0.104. The first kappa shape index (κ1) is 18.4. The van der Waals surface area contributed by atoms with E-state index in [1.807, 2.05) is 18.2 Å². The lowest BCUT2D eigenvalue weighted by Gasteiger charge is -2.29. The molecule has 0 saturated carbocycles. The van der Waals surface area contributed by atoms with E-state index in [-0.39, 0.29) is 11.9 Å². The van der Waals surface area contributed by atoms with E-state index in [2.05, 4.69) is 28.4 Å². The van der Waals surface area contributed by atoms with Crippen LogP contribution in [0.15, 0.2) is 65.3 Å². The summed E-state index contributed by atoms with van der Waals surface area (Å²) in [7, 11) is 1.53. The highest BCUT2D eigenvalue weighted by Gasteiger charge is 2.29. The summed E-state index contributed by atoms with van der Waals surface area (Å²) in [5, 5.41) is 3.51. The van der Waals surface area contributed by atoms with Crippen LogP contribution in [-0.4, -0.2) is 26.1 Å². The van der Waals surface area contributed by atoms with Crippen molar-refractivity contribution in [1.29, 1.82) is 0 Å². The molecule has 1 aromatic heterocycles. The molecular weight excluding hydrogens is 376 g/mol. The van der Waals surface area contributed by atoms with Crippen molar-refractivity contribution in [2.24, 2.45) is 0 Å². The van der Waals surface area contributed by atoms with Crippen LogP contribution in [-0.2, 0) is 6.42 Å². The number of methoxy groups -OCH3 is 1. The molecular formula is C22H21ClN2O3. The maximum absolute atomic E-state index is 12.8. The van der Waals surface area contributed by atoms with Gasteiger partial charge in [0.2, 0.25) is 0 Å². The molecule has 0 unspecified atom stereocenters. The van der Waals surface area contributed by atoms with Gasteiger partial charge in [-0.1, -0.05) is 29.8 Å². The van der Waals surface area contributed by atoms with Crippen LogP contribution in [0.3, 0.4) is 0 Å². The van der Waals surface area contributed by atoms with Crippen molar-refractivity contribution >= 4 is 23.2 Å². The number of anilines is 1. The molecule has 1 amide bonds. The smallest absolute Gasteiger partial charge is 0.255 e. The van der Waals surface area contributed by atoms with Crippen LogP contribution < -0.4 is 15.0 Å². The summed E-state index contributed by atoms with van der Waals surface area (Å²) >= 11 is 6.06. The lowest BCUT2D eigenvalue weighted by molar-refractivity contribution is 0.0947. The monoisotopic (exact) mass is 396 g/mol. The standard InChI is InChI=1S/C22H21ClN2O3/c1-27-20-9-8-16(23)13-17(20)22(26)24-14-19(21-7-4-12-28-21)25-11-10-15-5-2-3-6-18(15)25/h2-9,12-13,19H,10-11,14H2,1H3,(H,24,26)/t19-/m1/s1. The van der Waals surface area contributed by atoms with E-state index in [9.17, 15) is 4.79 Å². The molecule has 2 aromatic carbocycles. The third-order valence-electron chi connectivity index (χ3n) is 5.03. The third kappa shape index (κ3) is 3.58. The fraction of sp³-hybridized carbons (Fsp3) is 0.227. The summed E-state index contributed by atoms with van der Waals surface area (Å²) < 4.78 is 11.0.